The molecule has 0 saturated carbocycles. The van der Waals surface area contributed by atoms with Crippen molar-refractivity contribution < 1.29 is 17.6 Å². The van der Waals surface area contributed by atoms with E-state index in [1.807, 2.05) is 11.0 Å². The van der Waals surface area contributed by atoms with Crippen molar-refractivity contribution in [1.29, 1.82) is 0 Å². The van der Waals surface area contributed by atoms with Gasteiger partial charge < -0.3 is 5.32 Å². The summed E-state index contributed by atoms with van der Waals surface area (Å²) in [5.41, 5.74) is 2.13. The number of benzene rings is 2. The van der Waals surface area contributed by atoms with Crippen molar-refractivity contribution in [2.45, 2.75) is 17.9 Å². The smallest absolute Gasteiger partial charge is 0.242 e. The fraction of sp³-hybridized carbons (Fsp3) is 0.316. The Morgan fingerprint density at radius 3 is 2.67 bits per heavy atom. The third-order valence-electron chi connectivity index (χ3n) is 4.54. The largest absolute Gasteiger partial charge is 0.325 e. The number of amides is 1. The van der Waals surface area contributed by atoms with E-state index in [9.17, 15) is 17.6 Å². The van der Waals surface area contributed by atoms with E-state index < -0.39 is 15.8 Å². The average Bonchev–Trinajstić information content (AvgIpc) is 2.60. The molecule has 1 aliphatic rings. The first-order chi connectivity index (χ1) is 12.8. The number of fused-ring (bicyclic) bond motifs is 1. The van der Waals surface area contributed by atoms with Crippen LogP contribution in [0.1, 0.15) is 11.1 Å². The maximum Gasteiger partial charge on any atom is 0.242 e. The normalized spacial score (nSPS) is 14.8. The summed E-state index contributed by atoms with van der Waals surface area (Å²) < 4.78 is 39.5. The number of anilines is 1. The molecule has 3 rings (SSSR count). The molecule has 2 aromatic rings. The molecule has 144 valence electrons. The molecule has 1 N–H and O–H groups in total. The number of nitrogens with zero attached hydrogens (tertiary/aromatic N) is 2. The summed E-state index contributed by atoms with van der Waals surface area (Å²) >= 11 is 0. The predicted molar refractivity (Wildman–Crippen MR) is 101 cm³/mol. The summed E-state index contributed by atoms with van der Waals surface area (Å²) in [4.78, 5) is 14.5. The Morgan fingerprint density at radius 1 is 1.22 bits per heavy atom. The number of carbonyl (C=O) groups excluding carboxylic acids is 1. The summed E-state index contributed by atoms with van der Waals surface area (Å²) in [5, 5.41) is 2.68. The quantitative estimate of drug-likeness (QED) is 0.847. The zero-order chi connectivity index (χ0) is 19.6. The first-order valence-electron chi connectivity index (χ1n) is 8.58. The number of hydrogen-bond acceptors (Lipinski definition) is 4. The molecular weight excluding hydrogens is 369 g/mol. The molecule has 0 bridgehead atoms. The zero-order valence-corrected chi connectivity index (χ0v) is 16.1. The van der Waals surface area contributed by atoms with E-state index in [1.165, 1.54) is 36.6 Å². The molecule has 2 aromatic carbocycles. The molecule has 0 radical (unpaired) electrons. The lowest BCUT2D eigenvalue weighted by Gasteiger charge is -2.29. The highest BCUT2D eigenvalue weighted by atomic mass is 32.2. The first-order valence-corrected chi connectivity index (χ1v) is 10.0. The van der Waals surface area contributed by atoms with Crippen molar-refractivity contribution >= 4 is 21.6 Å². The number of hydrogen-bond donors (Lipinski definition) is 1. The van der Waals surface area contributed by atoms with Crippen LogP contribution in [-0.4, -0.2) is 50.7 Å². The Hall–Kier alpha value is -2.29. The van der Waals surface area contributed by atoms with Gasteiger partial charge in [0.15, 0.2) is 0 Å². The molecule has 0 aromatic heterocycles. The number of halogens is 1. The van der Waals surface area contributed by atoms with E-state index in [2.05, 4.69) is 5.32 Å². The van der Waals surface area contributed by atoms with Crippen LogP contribution in [-0.2, 0) is 27.8 Å². The highest BCUT2D eigenvalue weighted by molar-refractivity contribution is 7.89. The van der Waals surface area contributed by atoms with Crippen molar-refractivity contribution in [2.24, 2.45) is 0 Å². The second kappa shape index (κ2) is 7.75. The average molecular weight is 391 g/mol. The van der Waals surface area contributed by atoms with Crippen LogP contribution in [0, 0.1) is 5.82 Å². The number of sulfonamides is 1. The third kappa shape index (κ3) is 4.35. The van der Waals surface area contributed by atoms with E-state index in [-0.39, 0.29) is 12.5 Å². The standard InChI is InChI=1S/C19H22FN3O3S/c1-22(2)27(25,26)18-8-3-5-14-12-23(10-9-17(14)18)13-19(24)21-16-7-4-6-15(20)11-16/h3-8,11H,9-10,12-13H2,1-2H3,(H,21,24). The third-order valence-corrected chi connectivity index (χ3v) is 6.44. The Balaban J connectivity index is 1.71. The van der Waals surface area contributed by atoms with Crippen molar-refractivity contribution in [3.8, 4) is 0 Å². The van der Waals surface area contributed by atoms with Crippen LogP contribution in [0.25, 0.3) is 0 Å². The minimum Gasteiger partial charge on any atom is -0.325 e. The summed E-state index contributed by atoms with van der Waals surface area (Å²) in [6, 6.07) is 11.0. The molecular formula is C19H22FN3O3S. The van der Waals surface area contributed by atoms with Crippen LogP contribution in [0.3, 0.4) is 0 Å². The maximum atomic E-state index is 13.2. The second-order valence-corrected chi connectivity index (χ2v) is 8.82. The van der Waals surface area contributed by atoms with Gasteiger partial charge in [0.05, 0.1) is 11.4 Å². The minimum absolute atomic E-state index is 0.153. The molecule has 0 fully saturated rings. The molecule has 0 spiro atoms. The van der Waals surface area contributed by atoms with Gasteiger partial charge in [-0.05, 0) is 41.8 Å². The lowest BCUT2D eigenvalue weighted by atomic mass is 10.00. The molecule has 1 amide bonds. The topological polar surface area (TPSA) is 69.7 Å². The van der Waals surface area contributed by atoms with Crippen molar-refractivity contribution in [1.82, 2.24) is 9.21 Å². The summed E-state index contributed by atoms with van der Waals surface area (Å²) in [7, 11) is -0.475. The van der Waals surface area contributed by atoms with E-state index in [0.717, 1.165) is 11.1 Å². The molecule has 27 heavy (non-hydrogen) atoms. The molecule has 0 saturated heterocycles. The maximum absolute atomic E-state index is 13.2. The van der Waals surface area contributed by atoms with Gasteiger partial charge in [0.1, 0.15) is 5.82 Å². The van der Waals surface area contributed by atoms with Gasteiger partial charge >= 0.3 is 0 Å². The lowest BCUT2D eigenvalue weighted by Crippen LogP contribution is -2.38. The molecule has 0 atom stereocenters. The summed E-state index contributed by atoms with van der Waals surface area (Å²) in [5.74, 6) is -0.643. The Morgan fingerprint density at radius 2 is 1.96 bits per heavy atom. The van der Waals surface area contributed by atoms with Crippen LogP contribution in [0.2, 0.25) is 0 Å². The van der Waals surface area contributed by atoms with E-state index in [1.54, 1.807) is 18.2 Å². The van der Waals surface area contributed by atoms with E-state index in [4.69, 9.17) is 0 Å². The van der Waals surface area contributed by atoms with Crippen LogP contribution in [0.5, 0.6) is 0 Å². The molecule has 0 aliphatic carbocycles. The molecule has 1 aliphatic heterocycles. The fourth-order valence-electron chi connectivity index (χ4n) is 3.18. The van der Waals surface area contributed by atoms with Crippen LogP contribution >= 0.6 is 0 Å². The monoisotopic (exact) mass is 391 g/mol. The minimum atomic E-state index is -3.50. The van der Waals surface area contributed by atoms with Gasteiger partial charge in [-0.1, -0.05) is 18.2 Å². The number of rotatable bonds is 5. The SMILES string of the molecule is CN(C)S(=O)(=O)c1cccc2c1CCN(CC(=O)Nc1cccc(F)c1)C2. The van der Waals surface area contributed by atoms with Gasteiger partial charge in [-0.15, -0.1) is 0 Å². The zero-order valence-electron chi connectivity index (χ0n) is 15.3. The van der Waals surface area contributed by atoms with E-state index in [0.29, 0.717) is 30.1 Å². The summed E-state index contributed by atoms with van der Waals surface area (Å²) in [6.07, 6.45) is 0.547. The van der Waals surface area contributed by atoms with Crippen molar-refractivity contribution in [3.63, 3.8) is 0 Å². The van der Waals surface area contributed by atoms with Gasteiger partial charge in [0.25, 0.3) is 0 Å². The van der Waals surface area contributed by atoms with E-state index >= 15 is 0 Å². The van der Waals surface area contributed by atoms with Crippen LogP contribution in [0.4, 0.5) is 10.1 Å². The highest BCUT2D eigenvalue weighted by Gasteiger charge is 2.26. The number of nitrogens with one attached hydrogen (secondary N) is 1. The molecule has 8 heteroatoms. The molecule has 6 nitrogen and oxygen atoms in total. The first kappa shape index (κ1) is 19.5. The van der Waals surface area contributed by atoms with Gasteiger partial charge in [0.2, 0.25) is 15.9 Å². The fourth-order valence-corrected chi connectivity index (χ4v) is 4.36. The Bertz CT molecular complexity index is 960. The van der Waals surface area contributed by atoms with Crippen molar-refractivity contribution in [3.05, 3.63) is 59.4 Å². The van der Waals surface area contributed by atoms with Gasteiger partial charge in [0, 0.05) is 32.9 Å². The number of carbonyl (C=O) groups is 1. The van der Waals surface area contributed by atoms with Crippen LogP contribution in [0.15, 0.2) is 47.4 Å². The second-order valence-electron chi connectivity index (χ2n) is 6.70. The van der Waals surface area contributed by atoms with Gasteiger partial charge in [-0.3, -0.25) is 9.69 Å². The van der Waals surface area contributed by atoms with Crippen molar-refractivity contribution in [2.75, 3.05) is 32.5 Å². The van der Waals surface area contributed by atoms with Gasteiger partial charge in [-0.25, -0.2) is 17.1 Å². The Labute approximate surface area is 158 Å². The Kier molecular flexibility index (Phi) is 5.59. The van der Waals surface area contributed by atoms with Gasteiger partial charge in [-0.2, -0.15) is 0 Å². The molecule has 1 heterocycles. The lowest BCUT2D eigenvalue weighted by molar-refractivity contribution is -0.117. The van der Waals surface area contributed by atoms with Crippen LogP contribution < -0.4 is 5.32 Å². The molecule has 0 unspecified atom stereocenters. The predicted octanol–water partition coefficient (Wildman–Crippen LogP) is 2.07. The highest BCUT2D eigenvalue weighted by Crippen LogP contribution is 2.27. The summed E-state index contributed by atoms with van der Waals surface area (Å²) in [6.45, 7) is 1.22.